The molecular formula is C15H31Cl2N3O3. The van der Waals surface area contributed by atoms with Gasteiger partial charge in [-0.25, -0.2) is 0 Å². The molecule has 0 saturated carbocycles. The fourth-order valence-electron chi connectivity index (χ4n) is 3.33. The minimum Gasteiger partial charge on any atom is -0.384 e. The minimum absolute atomic E-state index is 0. The Kier molecular flexibility index (Phi) is 11.4. The van der Waals surface area contributed by atoms with E-state index in [9.17, 15) is 4.79 Å². The molecule has 2 heterocycles. The molecule has 138 valence electrons. The van der Waals surface area contributed by atoms with E-state index < -0.39 is 0 Å². The number of nitrogens with one attached hydrogen (secondary N) is 1. The number of rotatable bonds is 6. The maximum Gasteiger partial charge on any atom is 0.231 e. The molecule has 0 aromatic heterocycles. The molecule has 0 unspecified atom stereocenters. The number of nitrogens with zero attached hydrogens (tertiary/aromatic N) is 2. The molecule has 2 aliphatic rings. The van der Waals surface area contributed by atoms with Gasteiger partial charge >= 0.3 is 0 Å². The van der Waals surface area contributed by atoms with Gasteiger partial charge in [0.1, 0.15) is 0 Å². The van der Waals surface area contributed by atoms with Crippen molar-refractivity contribution in [3.05, 3.63) is 0 Å². The van der Waals surface area contributed by atoms with E-state index in [0.717, 1.165) is 65.3 Å². The van der Waals surface area contributed by atoms with Gasteiger partial charge in [0, 0.05) is 46.9 Å². The number of hydrogen-bond acceptors (Lipinski definition) is 5. The van der Waals surface area contributed by atoms with Crippen molar-refractivity contribution in [3.8, 4) is 0 Å². The number of halogens is 2. The van der Waals surface area contributed by atoms with Crippen LogP contribution in [0.4, 0.5) is 0 Å². The predicted molar refractivity (Wildman–Crippen MR) is 95.8 cm³/mol. The molecule has 0 radical (unpaired) electrons. The number of carbonyl (C=O) groups excluding carboxylic acids is 1. The van der Waals surface area contributed by atoms with Gasteiger partial charge < -0.3 is 19.7 Å². The maximum absolute atomic E-state index is 13.0. The van der Waals surface area contributed by atoms with Gasteiger partial charge in [0.05, 0.1) is 18.6 Å². The van der Waals surface area contributed by atoms with Crippen molar-refractivity contribution < 1.29 is 14.3 Å². The molecule has 6 nitrogen and oxygen atoms in total. The van der Waals surface area contributed by atoms with Gasteiger partial charge in [0.2, 0.25) is 5.91 Å². The average molecular weight is 372 g/mol. The van der Waals surface area contributed by atoms with Crippen molar-refractivity contribution in [2.45, 2.75) is 12.8 Å². The highest BCUT2D eigenvalue weighted by atomic mass is 35.5. The zero-order valence-electron chi connectivity index (χ0n) is 14.2. The van der Waals surface area contributed by atoms with E-state index in [1.165, 1.54) is 0 Å². The SMILES string of the molecule is COCCN1CCN(C(=O)C2(COC)CCNCC2)CC1.Cl.Cl. The van der Waals surface area contributed by atoms with Gasteiger partial charge in [-0.15, -0.1) is 24.8 Å². The Labute approximate surface area is 152 Å². The van der Waals surface area contributed by atoms with E-state index in [-0.39, 0.29) is 36.1 Å². The fourth-order valence-corrected chi connectivity index (χ4v) is 3.33. The summed E-state index contributed by atoms with van der Waals surface area (Å²) >= 11 is 0. The molecule has 2 fully saturated rings. The summed E-state index contributed by atoms with van der Waals surface area (Å²) in [5.74, 6) is 0.289. The molecular weight excluding hydrogens is 341 g/mol. The summed E-state index contributed by atoms with van der Waals surface area (Å²) < 4.78 is 10.5. The Morgan fingerprint density at radius 3 is 2.17 bits per heavy atom. The molecule has 2 aliphatic heterocycles. The number of piperidine rings is 1. The first-order chi connectivity index (χ1) is 10.2. The maximum atomic E-state index is 13.0. The van der Waals surface area contributed by atoms with Crippen LogP contribution >= 0.6 is 24.8 Å². The summed E-state index contributed by atoms with van der Waals surface area (Å²) in [6, 6.07) is 0. The number of carbonyl (C=O) groups is 1. The first-order valence-corrected chi connectivity index (χ1v) is 7.92. The second-order valence-corrected chi connectivity index (χ2v) is 6.09. The number of methoxy groups -OCH3 is 2. The van der Waals surface area contributed by atoms with E-state index in [1.54, 1.807) is 14.2 Å². The number of ether oxygens (including phenoxy) is 2. The quantitative estimate of drug-likeness (QED) is 0.742. The summed E-state index contributed by atoms with van der Waals surface area (Å²) in [7, 11) is 3.42. The molecule has 0 aromatic rings. The normalized spacial score (nSPS) is 21.2. The lowest BCUT2D eigenvalue weighted by atomic mass is 9.78. The first kappa shape index (κ1) is 22.9. The lowest BCUT2D eigenvalue weighted by Crippen LogP contribution is -2.56. The summed E-state index contributed by atoms with van der Waals surface area (Å²) in [6.45, 7) is 7.58. The highest BCUT2D eigenvalue weighted by Crippen LogP contribution is 2.32. The van der Waals surface area contributed by atoms with Crippen LogP contribution in [-0.2, 0) is 14.3 Å². The third kappa shape index (κ3) is 6.03. The number of hydrogen-bond donors (Lipinski definition) is 1. The van der Waals surface area contributed by atoms with Crippen molar-refractivity contribution >= 4 is 30.7 Å². The molecule has 8 heteroatoms. The van der Waals surface area contributed by atoms with Gasteiger partial charge in [-0.3, -0.25) is 9.69 Å². The smallest absolute Gasteiger partial charge is 0.231 e. The van der Waals surface area contributed by atoms with Crippen molar-refractivity contribution in [2.75, 3.05) is 73.2 Å². The molecule has 23 heavy (non-hydrogen) atoms. The zero-order valence-corrected chi connectivity index (χ0v) is 15.8. The molecule has 0 spiro atoms. The molecule has 0 bridgehead atoms. The largest absolute Gasteiger partial charge is 0.384 e. The molecule has 0 aromatic carbocycles. The van der Waals surface area contributed by atoms with Crippen molar-refractivity contribution in [2.24, 2.45) is 5.41 Å². The lowest BCUT2D eigenvalue weighted by molar-refractivity contribution is -0.149. The fraction of sp³-hybridized carbons (Fsp3) is 0.933. The highest BCUT2D eigenvalue weighted by Gasteiger charge is 2.42. The molecule has 0 aliphatic carbocycles. The van der Waals surface area contributed by atoms with Gasteiger partial charge in [-0.1, -0.05) is 0 Å². The standard InChI is InChI=1S/C15H29N3O3.2ClH/c1-20-12-11-17-7-9-18(10-8-17)14(19)15(13-21-2)3-5-16-6-4-15;;/h16H,3-13H2,1-2H3;2*1H. The topological polar surface area (TPSA) is 54.0 Å². The number of amides is 1. The molecule has 0 atom stereocenters. The average Bonchev–Trinajstić information content (AvgIpc) is 2.54. The summed E-state index contributed by atoms with van der Waals surface area (Å²) in [4.78, 5) is 17.4. The van der Waals surface area contributed by atoms with Gasteiger partial charge in [0.15, 0.2) is 0 Å². The Bertz CT molecular complexity index is 328. The van der Waals surface area contributed by atoms with Crippen LogP contribution in [0.1, 0.15) is 12.8 Å². The molecule has 2 saturated heterocycles. The second-order valence-electron chi connectivity index (χ2n) is 6.09. The second kappa shape index (κ2) is 11.4. The van der Waals surface area contributed by atoms with Crippen LogP contribution in [0.25, 0.3) is 0 Å². The van der Waals surface area contributed by atoms with Crippen LogP contribution in [0, 0.1) is 5.41 Å². The Hall–Kier alpha value is -0.110. The molecule has 1 amide bonds. The third-order valence-corrected chi connectivity index (χ3v) is 4.71. The highest BCUT2D eigenvalue weighted by molar-refractivity contribution is 5.85. The van der Waals surface area contributed by atoms with Crippen LogP contribution in [0.5, 0.6) is 0 Å². The van der Waals surface area contributed by atoms with Gasteiger partial charge in [-0.2, -0.15) is 0 Å². The lowest BCUT2D eigenvalue weighted by Gasteiger charge is -2.42. The van der Waals surface area contributed by atoms with Crippen molar-refractivity contribution in [1.29, 1.82) is 0 Å². The van der Waals surface area contributed by atoms with E-state index in [0.29, 0.717) is 6.61 Å². The first-order valence-electron chi connectivity index (χ1n) is 7.92. The van der Waals surface area contributed by atoms with Crippen LogP contribution in [-0.4, -0.2) is 89.0 Å². The van der Waals surface area contributed by atoms with E-state index in [1.807, 2.05) is 4.90 Å². The minimum atomic E-state index is -0.311. The Morgan fingerprint density at radius 1 is 1.04 bits per heavy atom. The van der Waals surface area contributed by atoms with Crippen LogP contribution in [0.3, 0.4) is 0 Å². The zero-order chi connectivity index (χ0) is 15.1. The van der Waals surface area contributed by atoms with Gasteiger partial charge in [0.25, 0.3) is 0 Å². The van der Waals surface area contributed by atoms with Crippen molar-refractivity contribution in [3.63, 3.8) is 0 Å². The van der Waals surface area contributed by atoms with Crippen LogP contribution < -0.4 is 5.32 Å². The molecule has 2 rings (SSSR count). The predicted octanol–water partition coefficient (Wildman–Crippen LogP) is 0.637. The Morgan fingerprint density at radius 2 is 1.65 bits per heavy atom. The van der Waals surface area contributed by atoms with Crippen LogP contribution in [0.15, 0.2) is 0 Å². The monoisotopic (exact) mass is 371 g/mol. The van der Waals surface area contributed by atoms with Crippen molar-refractivity contribution in [1.82, 2.24) is 15.1 Å². The van der Waals surface area contributed by atoms with Crippen LogP contribution in [0.2, 0.25) is 0 Å². The van der Waals surface area contributed by atoms with Gasteiger partial charge in [-0.05, 0) is 25.9 Å². The molecule has 1 N–H and O–H groups in total. The summed E-state index contributed by atoms with van der Waals surface area (Å²) in [5, 5.41) is 3.34. The van der Waals surface area contributed by atoms with E-state index in [2.05, 4.69) is 10.2 Å². The van der Waals surface area contributed by atoms with E-state index >= 15 is 0 Å². The third-order valence-electron chi connectivity index (χ3n) is 4.71. The Balaban J connectivity index is 0.00000242. The summed E-state index contributed by atoms with van der Waals surface area (Å²) in [6.07, 6.45) is 1.76. The number of piperazine rings is 1. The van der Waals surface area contributed by atoms with E-state index in [4.69, 9.17) is 9.47 Å². The summed E-state index contributed by atoms with van der Waals surface area (Å²) in [5.41, 5.74) is -0.311.